The number of methoxy groups -OCH3 is 1. The smallest absolute Gasteiger partial charge is 0.338 e. The van der Waals surface area contributed by atoms with Crippen molar-refractivity contribution in [2.75, 3.05) is 27.4 Å². The van der Waals surface area contributed by atoms with Crippen molar-refractivity contribution in [2.24, 2.45) is 0 Å². The minimum absolute atomic E-state index is 0.0386. The third-order valence-corrected chi connectivity index (χ3v) is 5.20. The van der Waals surface area contributed by atoms with Gasteiger partial charge in [-0.15, -0.1) is 0 Å². The summed E-state index contributed by atoms with van der Waals surface area (Å²) >= 11 is 0. The van der Waals surface area contributed by atoms with E-state index in [1.807, 2.05) is 42.5 Å². The first-order chi connectivity index (χ1) is 15.0. The van der Waals surface area contributed by atoms with Gasteiger partial charge in [0.25, 0.3) is 0 Å². The van der Waals surface area contributed by atoms with E-state index in [2.05, 4.69) is 12.2 Å². The summed E-state index contributed by atoms with van der Waals surface area (Å²) in [4.78, 5) is 27.1. The number of likely N-dealkylation sites (N-methyl/N-ethyl adjacent to an activating group) is 1. The van der Waals surface area contributed by atoms with Gasteiger partial charge in [0.2, 0.25) is 0 Å². The molecule has 3 rings (SSSR count). The molecule has 164 valence electrons. The molecule has 0 aromatic heterocycles. The van der Waals surface area contributed by atoms with Crippen molar-refractivity contribution in [1.29, 1.82) is 0 Å². The van der Waals surface area contributed by atoms with Crippen molar-refractivity contribution in [1.82, 2.24) is 10.2 Å². The van der Waals surface area contributed by atoms with Crippen molar-refractivity contribution in [3.05, 3.63) is 70.9 Å². The third-order valence-electron chi connectivity index (χ3n) is 5.20. The van der Waals surface area contributed by atoms with E-state index in [4.69, 9.17) is 14.2 Å². The highest BCUT2D eigenvalue weighted by Gasteiger charge is 2.38. The summed E-state index contributed by atoms with van der Waals surface area (Å²) in [6.07, 6.45) is 0.881. The molecular formula is C24H28N2O5. The van der Waals surface area contributed by atoms with Gasteiger partial charge in [0.1, 0.15) is 18.1 Å². The first kappa shape index (κ1) is 22.2. The van der Waals surface area contributed by atoms with E-state index in [9.17, 15) is 9.59 Å². The number of ether oxygens (including phenoxy) is 3. The highest BCUT2D eigenvalue weighted by molar-refractivity contribution is 5.95. The summed E-state index contributed by atoms with van der Waals surface area (Å²) in [5, 5.41) is 2.89. The molecule has 1 atom stereocenters. The van der Waals surface area contributed by atoms with E-state index < -0.39 is 12.0 Å². The molecule has 2 aromatic carbocycles. The predicted octanol–water partition coefficient (Wildman–Crippen LogP) is 3.85. The molecule has 0 radical (unpaired) electrons. The van der Waals surface area contributed by atoms with Gasteiger partial charge in [-0.25, -0.2) is 9.59 Å². The Morgan fingerprint density at radius 1 is 1.13 bits per heavy atom. The van der Waals surface area contributed by atoms with Crippen LogP contribution in [-0.4, -0.2) is 44.3 Å². The van der Waals surface area contributed by atoms with E-state index in [1.165, 1.54) is 4.90 Å². The van der Waals surface area contributed by atoms with Crippen LogP contribution in [0.4, 0.5) is 4.79 Å². The SMILES string of the molecule is CCOC(=O)C1=C(COc2cccc(CC)c2)N(C)C(=O)NC1c1ccccc1OC. The monoisotopic (exact) mass is 424 g/mol. The number of carbonyl (C=O) groups is 2. The fourth-order valence-electron chi connectivity index (χ4n) is 3.53. The molecule has 0 bridgehead atoms. The maximum Gasteiger partial charge on any atom is 0.338 e. The number of amides is 2. The van der Waals surface area contributed by atoms with E-state index >= 15 is 0 Å². The predicted molar refractivity (Wildman–Crippen MR) is 117 cm³/mol. The lowest BCUT2D eigenvalue weighted by Crippen LogP contribution is -2.48. The zero-order valence-corrected chi connectivity index (χ0v) is 18.3. The molecule has 1 heterocycles. The summed E-state index contributed by atoms with van der Waals surface area (Å²) in [6, 6.07) is 13.9. The summed E-state index contributed by atoms with van der Waals surface area (Å²) < 4.78 is 16.8. The van der Waals surface area contributed by atoms with Crippen molar-refractivity contribution in [2.45, 2.75) is 26.3 Å². The van der Waals surface area contributed by atoms with Gasteiger partial charge in [0.05, 0.1) is 31.0 Å². The highest BCUT2D eigenvalue weighted by Crippen LogP contribution is 2.35. The van der Waals surface area contributed by atoms with E-state index in [0.717, 1.165) is 12.0 Å². The molecule has 0 spiro atoms. The van der Waals surface area contributed by atoms with Gasteiger partial charge in [-0.05, 0) is 37.1 Å². The van der Waals surface area contributed by atoms with E-state index in [0.29, 0.717) is 28.3 Å². The molecule has 0 saturated carbocycles. The van der Waals surface area contributed by atoms with Crippen LogP contribution in [0.25, 0.3) is 0 Å². The molecule has 0 aliphatic carbocycles. The lowest BCUT2D eigenvalue weighted by molar-refractivity contribution is -0.139. The normalized spacial score (nSPS) is 16.1. The molecular weight excluding hydrogens is 396 g/mol. The Labute approximate surface area is 182 Å². The van der Waals surface area contributed by atoms with E-state index in [-0.39, 0.29) is 19.2 Å². The molecule has 1 aliphatic rings. The molecule has 31 heavy (non-hydrogen) atoms. The summed E-state index contributed by atoms with van der Waals surface area (Å²) in [6.45, 7) is 4.06. The molecule has 0 saturated heterocycles. The van der Waals surface area contributed by atoms with Crippen molar-refractivity contribution in [3.8, 4) is 11.5 Å². The van der Waals surface area contributed by atoms with E-state index in [1.54, 1.807) is 27.1 Å². The second kappa shape index (κ2) is 10.0. The number of hydrogen-bond donors (Lipinski definition) is 1. The molecule has 1 aliphatic heterocycles. The maximum atomic E-state index is 13.0. The number of para-hydroxylation sites is 1. The third kappa shape index (κ3) is 4.82. The number of rotatable bonds is 8. The minimum atomic E-state index is -0.723. The lowest BCUT2D eigenvalue weighted by Gasteiger charge is -2.34. The molecule has 7 nitrogen and oxygen atoms in total. The van der Waals surface area contributed by atoms with Crippen molar-refractivity contribution < 1.29 is 23.8 Å². The van der Waals surface area contributed by atoms with Crippen LogP contribution >= 0.6 is 0 Å². The molecule has 1 unspecified atom stereocenters. The lowest BCUT2D eigenvalue weighted by atomic mass is 9.94. The fraction of sp³-hybridized carbons (Fsp3) is 0.333. The standard InChI is InChI=1S/C24H28N2O5/c1-5-16-10-9-11-17(14-16)31-15-19-21(23(27)30-6-2)22(25-24(28)26(19)3)18-12-7-8-13-20(18)29-4/h7-14,22H,5-6,15H2,1-4H3,(H,25,28). The second-order valence-electron chi connectivity index (χ2n) is 7.05. The summed E-state index contributed by atoms with van der Waals surface area (Å²) in [7, 11) is 3.16. The molecule has 2 amide bonds. The Kier molecular flexibility index (Phi) is 7.18. The van der Waals surface area contributed by atoms with Gasteiger partial charge in [0, 0.05) is 12.6 Å². The van der Waals surface area contributed by atoms with Gasteiger partial charge in [0.15, 0.2) is 0 Å². The Morgan fingerprint density at radius 2 is 1.90 bits per heavy atom. The fourth-order valence-corrected chi connectivity index (χ4v) is 3.53. The maximum absolute atomic E-state index is 13.0. The molecule has 1 N–H and O–H groups in total. The second-order valence-corrected chi connectivity index (χ2v) is 7.05. The van der Waals surface area contributed by atoms with Crippen LogP contribution in [0.15, 0.2) is 59.8 Å². The number of urea groups is 1. The number of aryl methyl sites for hydroxylation is 1. The Bertz CT molecular complexity index is 985. The average molecular weight is 424 g/mol. The largest absolute Gasteiger partial charge is 0.496 e. The Balaban J connectivity index is 2.05. The molecule has 2 aromatic rings. The van der Waals surface area contributed by atoms with Gasteiger partial charge in [-0.2, -0.15) is 0 Å². The quantitative estimate of drug-likeness (QED) is 0.652. The van der Waals surface area contributed by atoms with Crippen LogP contribution in [0.5, 0.6) is 11.5 Å². The first-order valence-corrected chi connectivity index (χ1v) is 10.3. The van der Waals surface area contributed by atoms with Crippen LogP contribution in [0.2, 0.25) is 0 Å². The number of hydrogen-bond acceptors (Lipinski definition) is 5. The Hall–Kier alpha value is -3.48. The number of carbonyl (C=O) groups excluding carboxylic acids is 2. The van der Waals surface area contributed by atoms with Crippen LogP contribution in [-0.2, 0) is 16.0 Å². The number of nitrogens with zero attached hydrogens (tertiary/aromatic N) is 1. The zero-order valence-electron chi connectivity index (χ0n) is 18.3. The molecule has 7 heteroatoms. The van der Waals surface area contributed by atoms with Crippen LogP contribution < -0.4 is 14.8 Å². The topological polar surface area (TPSA) is 77.1 Å². The number of esters is 1. The highest BCUT2D eigenvalue weighted by atomic mass is 16.5. The molecule has 0 fully saturated rings. The van der Waals surface area contributed by atoms with Gasteiger partial charge >= 0.3 is 12.0 Å². The first-order valence-electron chi connectivity index (χ1n) is 10.3. The average Bonchev–Trinajstić information content (AvgIpc) is 2.79. The Morgan fingerprint density at radius 3 is 2.61 bits per heavy atom. The van der Waals surface area contributed by atoms with Crippen molar-refractivity contribution >= 4 is 12.0 Å². The van der Waals surface area contributed by atoms with Crippen LogP contribution in [0.3, 0.4) is 0 Å². The van der Waals surface area contributed by atoms with Gasteiger partial charge in [-0.3, -0.25) is 4.90 Å². The summed E-state index contributed by atoms with van der Waals surface area (Å²) in [5.74, 6) is 0.726. The van der Waals surface area contributed by atoms with Gasteiger partial charge < -0.3 is 19.5 Å². The number of nitrogens with one attached hydrogen (secondary N) is 1. The van der Waals surface area contributed by atoms with Crippen molar-refractivity contribution in [3.63, 3.8) is 0 Å². The van der Waals surface area contributed by atoms with Crippen LogP contribution in [0, 0.1) is 0 Å². The van der Waals surface area contributed by atoms with Gasteiger partial charge in [-0.1, -0.05) is 37.3 Å². The minimum Gasteiger partial charge on any atom is -0.496 e. The zero-order chi connectivity index (χ0) is 22.4. The summed E-state index contributed by atoms with van der Waals surface area (Å²) in [5.41, 5.74) is 2.57. The number of benzene rings is 2. The van der Waals surface area contributed by atoms with Crippen LogP contribution in [0.1, 0.15) is 31.0 Å².